The van der Waals surface area contributed by atoms with Crippen LogP contribution in [0.5, 0.6) is 0 Å². The van der Waals surface area contributed by atoms with E-state index in [4.69, 9.17) is 0 Å². The summed E-state index contributed by atoms with van der Waals surface area (Å²) in [4.78, 5) is 24.7. The van der Waals surface area contributed by atoms with Crippen LogP contribution in [0.1, 0.15) is 10.5 Å². The minimum atomic E-state index is 0.0323. The second-order valence-electron chi connectivity index (χ2n) is 5.15. The van der Waals surface area contributed by atoms with Crippen molar-refractivity contribution in [3.8, 4) is 0 Å². The Balaban J connectivity index is 1.47. The second-order valence-corrected chi connectivity index (χ2v) is 5.15. The van der Waals surface area contributed by atoms with Gasteiger partial charge < -0.3 is 9.47 Å². The zero-order valence-electron chi connectivity index (χ0n) is 11.9. The maximum Gasteiger partial charge on any atom is 0.272 e. The van der Waals surface area contributed by atoms with E-state index in [1.54, 1.807) is 18.5 Å². The van der Waals surface area contributed by atoms with E-state index in [2.05, 4.69) is 19.4 Å². The van der Waals surface area contributed by atoms with Gasteiger partial charge in [0.25, 0.3) is 5.91 Å². The largest absolute Gasteiger partial charge is 0.336 e. The van der Waals surface area contributed by atoms with Gasteiger partial charge in [0.2, 0.25) is 0 Å². The van der Waals surface area contributed by atoms with Gasteiger partial charge in [0.1, 0.15) is 5.69 Å². The minimum absolute atomic E-state index is 0.0323. The molecule has 1 fully saturated rings. The smallest absolute Gasteiger partial charge is 0.272 e. The molecule has 0 aliphatic carbocycles. The number of amides is 1. The Morgan fingerprint density at radius 1 is 1.10 bits per heavy atom. The quantitative estimate of drug-likeness (QED) is 0.831. The van der Waals surface area contributed by atoms with Crippen molar-refractivity contribution in [2.75, 3.05) is 32.7 Å². The van der Waals surface area contributed by atoms with Crippen molar-refractivity contribution >= 4 is 5.91 Å². The molecule has 1 aliphatic heterocycles. The highest BCUT2D eigenvalue weighted by molar-refractivity contribution is 5.92. The number of carbonyl (C=O) groups is 1. The lowest BCUT2D eigenvalue weighted by atomic mass is 10.2. The van der Waals surface area contributed by atoms with Crippen LogP contribution in [-0.2, 0) is 6.54 Å². The van der Waals surface area contributed by atoms with E-state index in [-0.39, 0.29) is 5.91 Å². The van der Waals surface area contributed by atoms with Crippen molar-refractivity contribution in [1.82, 2.24) is 24.3 Å². The van der Waals surface area contributed by atoms with Gasteiger partial charge in [-0.25, -0.2) is 4.98 Å². The summed E-state index contributed by atoms with van der Waals surface area (Å²) in [6, 6.07) is 5.44. The standard InChI is InChI=1S/C15H19N5O/c21-15(14-3-1-2-4-17-14)20-11-9-18(10-12-20)7-8-19-6-5-16-13-19/h1-6,13H,7-12H2. The molecule has 6 nitrogen and oxygen atoms in total. The zero-order valence-corrected chi connectivity index (χ0v) is 11.9. The Labute approximate surface area is 124 Å². The molecule has 0 N–H and O–H groups in total. The molecule has 0 atom stereocenters. The van der Waals surface area contributed by atoms with Gasteiger partial charge in [-0.2, -0.15) is 0 Å². The van der Waals surface area contributed by atoms with Crippen LogP contribution in [0.15, 0.2) is 43.1 Å². The monoisotopic (exact) mass is 285 g/mol. The fourth-order valence-electron chi connectivity index (χ4n) is 2.50. The van der Waals surface area contributed by atoms with Gasteiger partial charge in [-0.05, 0) is 12.1 Å². The number of aromatic nitrogens is 3. The van der Waals surface area contributed by atoms with Crippen molar-refractivity contribution in [3.05, 3.63) is 48.8 Å². The summed E-state index contributed by atoms with van der Waals surface area (Å²) in [6.07, 6.45) is 7.26. The lowest BCUT2D eigenvalue weighted by Crippen LogP contribution is -2.49. The topological polar surface area (TPSA) is 54.3 Å². The van der Waals surface area contributed by atoms with Gasteiger partial charge in [-0.1, -0.05) is 6.07 Å². The molecule has 3 rings (SSSR count). The van der Waals surface area contributed by atoms with Crippen LogP contribution < -0.4 is 0 Å². The molecular formula is C15H19N5O. The Morgan fingerprint density at radius 3 is 2.62 bits per heavy atom. The maximum atomic E-state index is 12.3. The summed E-state index contributed by atoms with van der Waals surface area (Å²) in [6.45, 7) is 5.27. The number of carbonyl (C=O) groups excluding carboxylic acids is 1. The molecule has 0 saturated carbocycles. The third kappa shape index (κ3) is 3.46. The predicted octanol–water partition coefficient (Wildman–Crippen LogP) is 0.736. The lowest BCUT2D eigenvalue weighted by Gasteiger charge is -2.34. The summed E-state index contributed by atoms with van der Waals surface area (Å²) in [5, 5.41) is 0. The van der Waals surface area contributed by atoms with E-state index in [1.165, 1.54) is 0 Å². The van der Waals surface area contributed by atoms with Crippen molar-refractivity contribution in [2.45, 2.75) is 6.54 Å². The van der Waals surface area contributed by atoms with Crippen LogP contribution in [0, 0.1) is 0 Å². The first-order valence-electron chi connectivity index (χ1n) is 7.21. The molecule has 1 amide bonds. The molecule has 0 unspecified atom stereocenters. The minimum Gasteiger partial charge on any atom is -0.336 e. The normalized spacial score (nSPS) is 16.1. The molecule has 0 radical (unpaired) electrons. The molecular weight excluding hydrogens is 266 g/mol. The van der Waals surface area contributed by atoms with E-state index in [1.807, 2.05) is 29.6 Å². The summed E-state index contributed by atoms with van der Waals surface area (Å²) < 4.78 is 2.07. The Kier molecular flexibility index (Phi) is 4.25. The van der Waals surface area contributed by atoms with Crippen molar-refractivity contribution < 1.29 is 4.79 Å². The molecule has 6 heteroatoms. The Morgan fingerprint density at radius 2 is 1.95 bits per heavy atom. The predicted molar refractivity (Wildman–Crippen MR) is 78.8 cm³/mol. The fourth-order valence-corrected chi connectivity index (χ4v) is 2.50. The number of imidazole rings is 1. The van der Waals surface area contributed by atoms with E-state index in [9.17, 15) is 4.79 Å². The number of piperazine rings is 1. The maximum absolute atomic E-state index is 12.3. The Bertz CT molecular complexity index is 561. The fraction of sp³-hybridized carbons (Fsp3) is 0.400. The number of nitrogens with zero attached hydrogens (tertiary/aromatic N) is 5. The molecule has 0 aromatic carbocycles. The lowest BCUT2D eigenvalue weighted by molar-refractivity contribution is 0.0627. The molecule has 3 heterocycles. The number of hydrogen-bond acceptors (Lipinski definition) is 4. The molecule has 110 valence electrons. The van der Waals surface area contributed by atoms with Gasteiger partial charge in [-0.15, -0.1) is 0 Å². The number of rotatable bonds is 4. The van der Waals surface area contributed by atoms with Crippen molar-refractivity contribution in [2.24, 2.45) is 0 Å². The summed E-state index contributed by atoms with van der Waals surface area (Å²) >= 11 is 0. The SMILES string of the molecule is O=C(c1ccccn1)N1CCN(CCn2ccnc2)CC1. The van der Waals surface area contributed by atoms with Gasteiger partial charge in [-0.3, -0.25) is 14.7 Å². The summed E-state index contributed by atoms with van der Waals surface area (Å²) in [5.41, 5.74) is 0.532. The molecule has 1 saturated heterocycles. The zero-order chi connectivity index (χ0) is 14.5. The first kappa shape index (κ1) is 13.8. The number of hydrogen-bond donors (Lipinski definition) is 0. The average molecular weight is 285 g/mol. The summed E-state index contributed by atoms with van der Waals surface area (Å²) in [7, 11) is 0. The first-order valence-corrected chi connectivity index (χ1v) is 7.21. The third-order valence-corrected chi connectivity index (χ3v) is 3.78. The molecule has 2 aromatic rings. The van der Waals surface area contributed by atoms with Crippen LogP contribution in [0.3, 0.4) is 0 Å². The highest BCUT2D eigenvalue weighted by atomic mass is 16.2. The van der Waals surface area contributed by atoms with E-state index < -0.39 is 0 Å². The van der Waals surface area contributed by atoms with Crippen LogP contribution >= 0.6 is 0 Å². The highest BCUT2D eigenvalue weighted by Crippen LogP contribution is 2.07. The van der Waals surface area contributed by atoms with Crippen LogP contribution in [-0.4, -0.2) is 63.0 Å². The van der Waals surface area contributed by atoms with Gasteiger partial charge in [0.05, 0.1) is 6.33 Å². The molecule has 1 aliphatic rings. The Hall–Kier alpha value is -2.21. The second kappa shape index (κ2) is 6.49. The van der Waals surface area contributed by atoms with Crippen molar-refractivity contribution in [3.63, 3.8) is 0 Å². The van der Waals surface area contributed by atoms with E-state index >= 15 is 0 Å². The molecule has 0 bridgehead atoms. The van der Waals surface area contributed by atoms with Gasteiger partial charge in [0.15, 0.2) is 0 Å². The van der Waals surface area contributed by atoms with E-state index in [0.29, 0.717) is 5.69 Å². The highest BCUT2D eigenvalue weighted by Gasteiger charge is 2.22. The molecule has 2 aromatic heterocycles. The molecule has 21 heavy (non-hydrogen) atoms. The number of pyridine rings is 1. The summed E-state index contributed by atoms with van der Waals surface area (Å²) in [5.74, 6) is 0.0323. The van der Waals surface area contributed by atoms with Gasteiger partial charge in [0, 0.05) is 57.9 Å². The average Bonchev–Trinajstić information content (AvgIpc) is 3.07. The third-order valence-electron chi connectivity index (χ3n) is 3.78. The van der Waals surface area contributed by atoms with Crippen LogP contribution in [0.25, 0.3) is 0 Å². The van der Waals surface area contributed by atoms with Gasteiger partial charge >= 0.3 is 0 Å². The van der Waals surface area contributed by atoms with Crippen molar-refractivity contribution in [1.29, 1.82) is 0 Å². The molecule has 0 spiro atoms. The van der Waals surface area contributed by atoms with E-state index in [0.717, 1.165) is 39.3 Å². The van der Waals surface area contributed by atoms with Crippen LogP contribution in [0.4, 0.5) is 0 Å². The first-order chi connectivity index (χ1) is 10.3. The van der Waals surface area contributed by atoms with Crippen LogP contribution in [0.2, 0.25) is 0 Å².